The van der Waals surface area contributed by atoms with E-state index in [9.17, 15) is 9.90 Å². The summed E-state index contributed by atoms with van der Waals surface area (Å²) in [5.41, 5.74) is 1.04. The van der Waals surface area contributed by atoms with Crippen molar-refractivity contribution < 1.29 is 14.9 Å². The Morgan fingerprint density at radius 2 is 2.08 bits per heavy atom. The third-order valence-electron chi connectivity index (χ3n) is 1.91. The molecule has 2 rings (SSSR count). The summed E-state index contributed by atoms with van der Waals surface area (Å²) in [5, 5.41) is 10.3. The average molecular weight is 174 g/mol. The van der Waals surface area contributed by atoms with Gasteiger partial charge < -0.3 is 5.11 Å². The second kappa shape index (κ2) is 2.86. The molecule has 0 fully saturated rings. The van der Waals surface area contributed by atoms with E-state index in [1.165, 1.54) is 0 Å². The predicted molar refractivity (Wildman–Crippen MR) is 47.6 cm³/mol. The van der Waals surface area contributed by atoms with E-state index in [0.717, 1.165) is 5.39 Å². The molecule has 0 spiro atoms. The van der Waals surface area contributed by atoms with Gasteiger partial charge in [-0.2, -0.15) is 4.98 Å². The van der Waals surface area contributed by atoms with Gasteiger partial charge in [0.05, 0.1) is 5.39 Å². The van der Waals surface area contributed by atoms with Crippen molar-refractivity contribution in [3.8, 4) is 5.75 Å². The number of carbonyl (C=O) groups excluding carboxylic acids is 1. The number of aromatic nitrogens is 1. The van der Waals surface area contributed by atoms with Crippen LogP contribution in [-0.2, 0) is 0 Å². The van der Waals surface area contributed by atoms with Gasteiger partial charge in [-0.15, -0.1) is 0 Å². The van der Waals surface area contributed by atoms with E-state index in [2.05, 4.69) is 4.98 Å². The van der Waals surface area contributed by atoms with E-state index in [4.69, 9.17) is 0 Å². The highest BCUT2D eigenvalue weighted by molar-refractivity contribution is 5.83. The van der Waals surface area contributed by atoms with Crippen LogP contribution in [0.15, 0.2) is 30.3 Å². The third-order valence-corrected chi connectivity index (χ3v) is 1.91. The van der Waals surface area contributed by atoms with Gasteiger partial charge in [-0.3, -0.25) is 4.79 Å². The number of para-hydroxylation sites is 1. The molecule has 3 nitrogen and oxygen atoms in total. The quantitative estimate of drug-likeness (QED) is 0.660. The highest BCUT2D eigenvalue weighted by Crippen LogP contribution is 2.18. The van der Waals surface area contributed by atoms with Crippen LogP contribution in [0.2, 0.25) is 0 Å². The van der Waals surface area contributed by atoms with Crippen molar-refractivity contribution >= 4 is 17.2 Å². The monoisotopic (exact) mass is 174 g/mol. The first-order valence-corrected chi connectivity index (χ1v) is 3.90. The van der Waals surface area contributed by atoms with Crippen LogP contribution in [0.25, 0.3) is 10.9 Å². The summed E-state index contributed by atoms with van der Waals surface area (Å²) < 4.78 is 0. The number of aromatic amines is 1. The number of nitrogens with one attached hydrogen (secondary N) is 1. The zero-order valence-electron chi connectivity index (χ0n) is 6.82. The Labute approximate surface area is 74.7 Å². The number of aldehydes is 1. The fourth-order valence-corrected chi connectivity index (χ4v) is 1.27. The molecule has 0 unspecified atom stereocenters. The molecule has 1 aromatic carbocycles. The van der Waals surface area contributed by atoms with E-state index in [1.54, 1.807) is 24.3 Å². The minimum atomic E-state index is 0.154. The molecule has 2 aromatic rings. The minimum absolute atomic E-state index is 0.154. The summed E-state index contributed by atoms with van der Waals surface area (Å²) in [6.45, 7) is 0. The van der Waals surface area contributed by atoms with E-state index in [1.807, 2.05) is 6.07 Å². The maximum atomic E-state index is 10.4. The molecular weight excluding hydrogens is 166 g/mol. The topological polar surface area (TPSA) is 51.4 Å². The summed E-state index contributed by atoms with van der Waals surface area (Å²) in [6.07, 6.45) is 0.714. The summed E-state index contributed by atoms with van der Waals surface area (Å²) in [6, 6.07) is 8.66. The summed E-state index contributed by atoms with van der Waals surface area (Å²) in [4.78, 5) is 13.3. The Morgan fingerprint density at radius 1 is 1.23 bits per heavy atom. The fraction of sp³-hybridized carbons (Fsp3) is 0. The molecule has 2 N–H and O–H groups in total. The van der Waals surface area contributed by atoms with Crippen LogP contribution >= 0.6 is 0 Å². The molecule has 0 aliphatic rings. The third kappa shape index (κ3) is 1.24. The SMILES string of the molecule is O=Cc1ccc2cccc(O)c2[nH+]1. The number of phenolic OH excluding ortho intramolecular Hbond substituents is 1. The normalized spacial score (nSPS) is 10.2. The first-order chi connectivity index (χ1) is 6.31. The number of pyridine rings is 1. The average Bonchev–Trinajstić information content (AvgIpc) is 2.18. The molecule has 1 aromatic heterocycles. The number of hydrogen-bond acceptors (Lipinski definition) is 2. The summed E-state index contributed by atoms with van der Waals surface area (Å²) >= 11 is 0. The van der Waals surface area contributed by atoms with Crippen molar-refractivity contribution in [2.75, 3.05) is 0 Å². The highest BCUT2D eigenvalue weighted by atomic mass is 16.3. The van der Waals surface area contributed by atoms with Crippen molar-refractivity contribution in [3.05, 3.63) is 36.0 Å². The lowest BCUT2D eigenvalue weighted by molar-refractivity contribution is -0.348. The maximum Gasteiger partial charge on any atom is 0.253 e. The van der Waals surface area contributed by atoms with Crippen LogP contribution < -0.4 is 4.98 Å². The van der Waals surface area contributed by atoms with E-state index in [0.29, 0.717) is 17.5 Å². The first kappa shape index (κ1) is 7.73. The van der Waals surface area contributed by atoms with E-state index >= 15 is 0 Å². The molecule has 13 heavy (non-hydrogen) atoms. The molecule has 0 bridgehead atoms. The van der Waals surface area contributed by atoms with Crippen molar-refractivity contribution in [3.63, 3.8) is 0 Å². The van der Waals surface area contributed by atoms with Crippen LogP contribution in [-0.4, -0.2) is 11.4 Å². The van der Waals surface area contributed by atoms with Gasteiger partial charge in [-0.05, 0) is 18.2 Å². The van der Waals surface area contributed by atoms with Gasteiger partial charge in [0.1, 0.15) is 0 Å². The number of hydrogen-bond donors (Lipinski definition) is 1. The zero-order valence-corrected chi connectivity index (χ0v) is 6.82. The Balaban J connectivity index is 2.81. The zero-order chi connectivity index (χ0) is 9.26. The van der Waals surface area contributed by atoms with Crippen LogP contribution in [0.4, 0.5) is 0 Å². The van der Waals surface area contributed by atoms with Gasteiger partial charge in [0, 0.05) is 6.07 Å². The molecule has 0 saturated carbocycles. The van der Waals surface area contributed by atoms with Gasteiger partial charge in [-0.25, -0.2) is 0 Å². The highest BCUT2D eigenvalue weighted by Gasteiger charge is 2.07. The summed E-state index contributed by atoms with van der Waals surface area (Å²) in [5.74, 6) is 0.154. The van der Waals surface area contributed by atoms with Crippen LogP contribution in [0, 0.1) is 0 Å². The number of fused-ring (bicyclic) bond motifs is 1. The smallest absolute Gasteiger partial charge is 0.253 e. The van der Waals surface area contributed by atoms with Gasteiger partial charge in [0.25, 0.3) is 5.52 Å². The number of carbonyl (C=O) groups is 1. The molecule has 0 amide bonds. The maximum absolute atomic E-state index is 10.4. The van der Waals surface area contributed by atoms with Crippen LogP contribution in [0.1, 0.15) is 10.5 Å². The van der Waals surface area contributed by atoms with Gasteiger partial charge >= 0.3 is 0 Å². The van der Waals surface area contributed by atoms with Crippen molar-refractivity contribution in [2.45, 2.75) is 0 Å². The standard InChI is InChI=1S/C10H7NO2/c12-6-8-5-4-7-2-1-3-9(13)10(7)11-8/h1-6,13H/p+1. The predicted octanol–water partition coefficient (Wildman–Crippen LogP) is 1.17. The van der Waals surface area contributed by atoms with E-state index < -0.39 is 0 Å². The lowest BCUT2D eigenvalue weighted by Crippen LogP contribution is -2.10. The molecule has 64 valence electrons. The second-order valence-electron chi connectivity index (χ2n) is 2.77. The molecule has 0 radical (unpaired) electrons. The molecule has 3 heteroatoms. The number of rotatable bonds is 1. The Kier molecular flexibility index (Phi) is 1.70. The Bertz CT molecular complexity index is 465. The van der Waals surface area contributed by atoms with Crippen molar-refractivity contribution in [1.82, 2.24) is 0 Å². The van der Waals surface area contributed by atoms with Crippen molar-refractivity contribution in [1.29, 1.82) is 0 Å². The molecule has 0 atom stereocenters. The number of phenols is 1. The largest absolute Gasteiger partial charge is 0.502 e. The van der Waals surface area contributed by atoms with Gasteiger partial charge in [0.15, 0.2) is 5.75 Å². The Hall–Kier alpha value is -1.90. The summed E-state index contributed by atoms with van der Waals surface area (Å²) in [7, 11) is 0. The first-order valence-electron chi connectivity index (χ1n) is 3.90. The number of H-pyrrole nitrogens is 1. The lowest BCUT2D eigenvalue weighted by Gasteiger charge is -1.93. The molecule has 0 saturated heterocycles. The van der Waals surface area contributed by atoms with Gasteiger partial charge in [-0.1, -0.05) is 6.07 Å². The molecule has 0 aliphatic heterocycles. The number of aromatic hydroxyl groups is 1. The van der Waals surface area contributed by atoms with E-state index in [-0.39, 0.29) is 5.75 Å². The van der Waals surface area contributed by atoms with Crippen molar-refractivity contribution in [2.24, 2.45) is 0 Å². The van der Waals surface area contributed by atoms with Crippen LogP contribution in [0.3, 0.4) is 0 Å². The molecular formula is C10H8NO2+. The lowest BCUT2D eigenvalue weighted by atomic mass is 10.2. The molecule has 1 heterocycles. The number of benzene rings is 1. The van der Waals surface area contributed by atoms with Crippen LogP contribution in [0.5, 0.6) is 5.75 Å². The van der Waals surface area contributed by atoms with Gasteiger partial charge in [0.2, 0.25) is 12.0 Å². The Morgan fingerprint density at radius 3 is 2.85 bits per heavy atom. The minimum Gasteiger partial charge on any atom is -0.502 e. The second-order valence-corrected chi connectivity index (χ2v) is 2.77. The molecule has 0 aliphatic carbocycles. The fourth-order valence-electron chi connectivity index (χ4n) is 1.27.